The van der Waals surface area contributed by atoms with Crippen LogP contribution >= 0.6 is 11.6 Å². The molecule has 0 unspecified atom stereocenters. The molecule has 0 spiro atoms. The zero-order chi connectivity index (χ0) is 33.1. The molecule has 45 heavy (non-hydrogen) atoms. The van der Waals surface area contributed by atoms with Crippen LogP contribution in [-0.2, 0) is 16.2 Å². The van der Waals surface area contributed by atoms with Crippen LogP contribution in [0.4, 0.5) is 29.3 Å². The van der Waals surface area contributed by atoms with Crippen LogP contribution in [0.2, 0.25) is 5.02 Å². The molecule has 10 nitrogen and oxygen atoms in total. The third-order valence-electron chi connectivity index (χ3n) is 7.37. The van der Waals surface area contributed by atoms with E-state index in [0.717, 1.165) is 28.6 Å². The number of ether oxygens (including phenoxy) is 1. The number of likely N-dealkylation sites (N-methyl/N-ethyl adjacent to an activating group) is 1. The van der Waals surface area contributed by atoms with Gasteiger partial charge in [0.25, 0.3) is 5.91 Å². The summed E-state index contributed by atoms with van der Waals surface area (Å²) in [5.41, 5.74) is -0.679. The van der Waals surface area contributed by atoms with Crippen molar-refractivity contribution in [2.75, 3.05) is 37.4 Å². The number of fused-ring (bicyclic) bond motifs is 1. The van der Waals surface area contributed by atoms with Crippen LogP contribution in [0.5, 0.6) is 5.75 Å². The van der Waals surface area contributed by atoms with Crippen LogP contribution in [0.1, 0.15) is 29.8 Å². The zero-order valence-electron chi connectivity index (χ0n) is 24.5. The molecule has 3 aromatic rings. The molecule has 242 valence electrons. The van der Waals surface area contributed by atoms with Gasteiger partial charge in [-0.1, -0.05) is 24.6 Å². The van der Waals surface area contributed by atoms with E-state index in [1.807, 2.05) is 0 Å². The largest absolute Gasteiger partial charge is 0.486 e. The molecule has 1 heterocycles. The fourth-order valence-corrected chi connectivity index (χ4v) is 6.03. The average Bonchev–Trinajstić information content (AvgIpc) is 2.98. The highest BCUT2D eigenvalue weighted by Crippen LogP contribution is 2.36. The second-order valence-corrected chi connectivity index (χ2v) is 13.2. The Hall–Kier alpha value is -3.85. The smallest absolute Gasteiger partial charge is 0.416 e. The van der Waals surface area contributed by atoms with Crippen molar-refractivity contribution in [2.24, 2.45) is 5.92 Å². The predicted molar refractivity (Wildman–Crippen MR) is 163 cm³/mol. The summed E-state index contributed by atoms with van der Waals surface area (Å²) in [6.07, 6.45) is -5.37. The van der Waals surface area contributed by atoms with E-state index in [0.29, 0.717) is 5.02 Å². The molecule has 4 rings (SSSR count). The molecule has 3 N–H and O–H groups in total. The number of aliphatic hydroxyl groups excluding tert-OH is 1. The van der Waals surface area contributed by atoms with Crippen LogP contribution in [0.25, 0.3) is 0 Å². The van der Waals surface area contributed by atoms with E-state index >= 15 is 0 Å². The van der Waals surface area contributed by atoms with E-state index < -0.39 is 51.8 Å². The number of benzene rings is 3. The Kier molecular flexibility index (Phi) is 10.3. The van der Waals surface area contributed by atoms with E-state index in [1.54, 1.807) is 13.8 Å². The van der Waals surface area contributed by atoms with Crippen LogP contribution in [0.3, 0.4) is 0 Å². The normalized spacial score (nSPS) is 18.0. The van der Waals surface area contributed by atoms with Gasteiger partial charge < -0.3 is 25.4 Å². The lowest BCUT2D eigenvalue weighted by Gasteiger charge is -2.38. The van der Waals surface area contributed by atoms with Crippen molar-refractivity contribution in [3.8, 4) is 5.75 Å². The van der Waals surface area contributed by atoms with Gasteiger partial charge in [0.15, 0.2) is 5.75 Å². The number of urea groups is 1. The van der Waals surface area contributed by atoms with Crippen LogP contribution in [0.15, 0.2) is 71.6 Å². The lowest BCUT2D eigenvalue weighted by atomic mass is 9.99. The number of hydrogen-bond acceptors (Lipinski definition) is 6. The van der Waals surface area contributed by atoms with Crippen molar-refractivity contribution >= 4 is 44.9 Å². The second-order valence-electron chi connectivity index (χ2n) is 10.7. The summed E-state index contributed by atoms with van der Waals surface area (Å²) >= 11 is 5.93. The number of nitrogens with one attached hydrogen (secondary N) is 2. The second kappa shape index (κ2) is 13.6. The van der Waals surface area contributed by atoms with Gasteiger partial charge in [0, 0.05) is 30.2 Å². The Bertz CT molecular complexity index is 1640. The van der Waals surface area contributed by atoms with Crippen molar-refractivity contribution in [3.63, 3.8) is 0 Å². The maximum absolute atomic E-state index is 13.7. The molecule has 3 atom stereocenters. The number of para-hydroxylation sites is 1. The maximum Gasteiger partial charge on any atom is 0.416 e. The van der Waals surface area contributed by atoms with E-state index in [-0.39, 0.29) is 47.3 Å². The Balaban J connectivity index is 1.65. The van der Waals surface area contributed by atoms with Crippen molar-refractivity contribution in [1.29, 1.82) is 0 Å². The van der Waals surface area contributed by atoms with Crippen molar-refractivity contribution in [1.82, 2.24) is 9.21 Å². The number of rotatable bonds is 8. The topological polar surface area (TPSA) is 128 Å². The maximum atomic E-state index is 13.7. The first-order valence-electron chi connectivity index (χ1n) is 13.8. The lowest BCUT2D eigenvalue weighted by Crippen LogP contribution is -2.50. The minimum Gasteiger partial charge on any atom is -0.486 e. The number of nitrogens with zero attached hydrogens (tertiary/aromatic N) is 2. The Morgan fingerprint density at radius 1 is 1.11 bits per heavy atom. The fraction of sp³-hybridized carbons (Fsp3) is 0.333. The Morgan fingerprint density at radius 2 is 1.76 bits per heavy atom. The molecule has 15 heteroatoms. The number of carbonyl (C=O) groups is 2. The van der Waals surface area contributed by atoms with E-state index in [4.69, 9.17) is 16.3 Å². The summed E-state index contributed by atoms with van der Waals surface area (Å²) < 4.78 is 73.0. The SMILES string of the molecule is C[C@H]1CN([C@@H](C)CO)C(=O)c2cccc(NC(=O)Nc3ccc(C(F)(F)F)cc3)c2O[C@@H]1CN(C)S(=O)(=O)c1ccc(Cl)cc1. The number of amides is 3. The quantitative estimate of drug-likeness (QED) is 0.289. The third-order valence-corrected chi connectivity index (χ3v) is 9.46. The summed E-state index contributed by atoms with van der Waals surface area (Å²) in [6, 6.07) is 12.6. The van der Waals surface area contributed by atoms with Crippen LogP contribution in [0, 0.1) is 5.92 Å². The molecule has 0 bridgehead atoms. The van der Waals surface area contributed by atoms with E-state index in [1.165, 1.54) is 54.4 Å². The minimum atomic E-state index is -4.54. The van der Waals surface area contributed by atoms with Gasteiger partial charge in [-0.3, -0.25) is 4.79 Å². The highest BCUT2D eigenvalue weighted by molar-refractivity contribution is 7.89. The van der Waals surface area contributed by atoms with Gasteiger partial charge in [-0.2, -0.15) is 17.5 Å². The molecule has 1 aliphatic heterocycles. The number of sulfonamides is 1. The van der Waals surface area contributed by atoms with Gasteiger partial charge in [-0.15, -0.1) is 0 Å². The number of alkyl halides is 3. The molecular weight excluding hydrogens is 637 g/mol. The fourth-order valence-electron chi connectivity index (χ4n) is 4.72. The zero-order valence-corrected chi connectivity index (χ0v) is 26.1. The number of anilines is 2. The molecular formula is C30H32ClF3N4O6S. The monoisotopic (exact) mass is 668 g/mol. The average molecular weight is 669 g/mol. The number of halogens is 4. The molecule has 0 radical (unpaired) electrons. The summed E-state index contributed by atoms with van der Waals surface area (Å²) in [5.74, 6) is -0.965. The Labute approximate surface area is 263 Å². The minimum absolute atomic E-state index is 0.0151. The molecule has 0 saturated carbocycles. The highest BCUT2D eigenvalue weighted by atomic mass is 35.5. The molecule has 0 aromatic heterocycles. The Morgan fingerprint density at radius 3 is 2.36 bits per heavy atom. The molecule has 3 aromatic carbocycles. The van der Waals surface area contributed by atoms with Gasteiger partial charge >= 0.3 is 12.2 Å². The number of hydrogen-bond donors (Lipinski definition) is 3. The highest BCUT2D eigenvalue weighted by Gasteiger charge is 2.36. The van der Waals surface area contributed by atoms with Crippen molar-refractivity contribution in [3.05, 3.63) is 82.9 Å². The molecule has 0 fully saturated rings. The van der Waals surface area contributed by atoms with Gasteiger partial charge in [0.2, 0.25) is 10.0 Å². The first-order valence-corrected chi connectivity index (χ1v) is 15.6. The summed E-state index contributed by atoms with van der Waals surface area (Å²) in [7, 11) is -2.58. The van der Waals surface area contributed by atoms with Gasteiger partial charge in [-0.05, 0) is 67.6 Å². The van der Waals surface area contributed by atoms with Gasteiger partial charge in [0.1, 0.15) is 6.10 Å². The van der Waals surface area contributed by atoms with Crippen LogP contribution in [-0.4, -0.2) is 73.6 Å². The van der Waals surface area contributed by atoms with E-state index in [2.05, 4.69) is 10.6 Å². The lowest BCUT2D eigenvalue weighted by molar-refractivity contribution is -0.137. The molecule has 0 aliphatic carbocycles. The van der Waals surface area contributed by atoms with Crippen molar-refractivity contribution in [2.45, 2.75) is 37.1 Å². The summed E-state index contributed by atoms with van der Waals surface area (Å²) in [6.45, 7) is 3.09. The van der Waals surface area contributed by atoms with Crippen molar-refractivity contribution < 1.29 is 41.0 Å². The first-order chi connectivity index (χ1) is 21.1. The standard InChI is InChI=1S/C30H32ClF3N4O6S/c1-18-15-38(19(2)17-39)28(40)24-5-4-6-25(36-29(41)35-22-11-7-20(8-12-22)30(32,33)34)27(24)44-26(18)16-37(3)45(42,43)23-13-9-21(31)10-14-23/h4-14,18-19,26,39H,15-17H2,1-3H3,(H2,35,36,41)/t18-,19-,26+/m0/s1. The van der Waals surface area contributed by atoms with Gasteiger partial charge in [-0.25, -0.2) is 13.2 Å². The van der Waals surface area contributed by atoms with Gasteiger partial charge in [0.05, 0.1) is 40.9 Å². The molecule has 3 amide bonds. The molecule has 1 aliphatic rings. The van der Waals surface area contributed by atoms with Crippen LogP contribution < -0.4 is 15.4 Å². The first kappa shape index (κ1) is 34.0. The predicted octanol–water partition coefficient (Wildman–Crippen LogP) is 5.54. The third kappa shape index (κ3) is 7.87. The number of carbonyl (C=O) groups excluding carboxylic acids is 2. The number of aliphatic hydroxyl groups is 1. The summed E-state index contributed by atoms with van der Waals surface area (Å²) in [5, 5.41) is 15.3. The summed E-state index contributed by atoms with van der Waals surface area (Å²) in [4.78, 5) is 28.1. The van der Waals surface area contributed by atoms with E-state index in [9.17, 15) is 36.3 Å². The molecule has 0 saturated heterocycles.